The molecule has 9 N–H and O–H groups in total. The summed E-state index contributed by atoms with van der Waals surface area (Å²) in [6.07, 6.45) is -0.526. The summed E-state index contributed by atoms with van der Waals surface area (Å²) in [5.41, 5.74) is 11.5. The van der Waals surface area contributed by atoms with Gasteiger partial charge in [-0.1, -0.05) is 39.8 Å². The van der Waals surface area contributed by atoms with Crippen LogP contribution in [0.1, 0.15) is 46.1 Å². The Balaban J connectivity index is 3.14. The van der Waals surface area contributed by atoms with Crippen molar-refractivity contribution in [2.24, 2.45) is 23.3 Å². The molecule has 1 aromatic carbocycles. The third-order valence-electron chi connectivity index (χ3n) is 5.57. The Morgan fingerprint density at radius 3 is 1.86 bits per heavy atom. The number of rotatable bonds is 14. The molecule has 0 aliphatic heterocycles. The maximum Gasteiger partial charge on any atom is 0.326 e. The van der Waals surface area contributed by atoms with Crippen LogP contribution in [0.5, 0.6) is 5.75 Å². The van der Waals surface area contributed by atoms with Crippen molar-refractivity contribution in [1.29, 1.82) is 0 Å². The molecule has 4 unspecified atom stereocenters. The number of carboxylic acids is 1. The number of amides is 4. The molecule has 0 heterocycles. The Morgan fingerprint density at radius 1 is 0.833 bits per heavy atom. The maximum atomic E-state index is 13.1. The van der Waals surface area contributed by atoms with E-state index in [0.29, 0.717) is 5.56 Å². The van der Waals surface area contributed by atoms with Gasteiger partial charge in [0, 0.05) is 12.8 Å². The van der Waals surface area contributed by atoms with E-state index in [9.17, 15) is 34.2 Å². The normalized spacial score (nSPS) is 14.4. The second kappa shape index (κ2) is 14.0. The molecule has 0 bridgehead atoms. The molecule has 12 nitrogen and oxygen atoms in total. The summed E-state index contributed by atoms with van der Waals surface area (Å²) in [5, 5.41) is 26.5. The molecule has 12 heteroatoms. The van der Waals surface area contributed by atoms with Gasteiger partial charge in [-0.15, -0.1) is 0 Å². The first kappa shape index (κ1) is 30.4. The number of hydrogen-bond acceptors (Lipinski definition) is 7. The fraction of sp³-hybridized carbons (Fsp3) is 0.542. The Bertz CT molecular complexity index is 933. The molecule has 0 saturated carbocycles. The molecule has 4 amide bonds. The number of hydrogen-bond donors (Lipinski definition) is 7. The zero-order chi connectivity index (χ0) is 27.6. The van der Waals surface area contributed by atoms with E-state index in [4.69, 9.17) is 11.5 Å². The molecule has 1 aromatic rings. The Hall–Kier alpha value is -3.67. The largest absolute Gasteiger partial charge is 0.508 e. The minimum Gasteiger partial charge on any atom is -0.508 e. The lowest BCUT2D eigenvalue weighted by Crippen LogP contribution is -2.59. The second-order valence-corrected chi connectivity index (χ2v) is 9.34. The number of aromatic hydroxyl groups is 1. The topological polar surface area (TPSA) is 214 Å². The molecular weight excluding hydrogens is 470 g/mol. The van der Waals surface area contributed by atoms with Crippen LogP contribution in [0.15, 0.2) is 24.3 Å². The predicted molar refractivity (Wildman–Crippen MR) is 131 cm³/mol. The van der Waals surface area contributed by atoms with Gasteiger partial charge >= 0.3 is 5.97 Å². The summed E-state index contributed by atoms with van der Waals surface area (Å²) in [6, 6.07) is 1.43. The van der Waals surface area contributed by atoms with Crippen molar-refractivity contribution >= 4 is 29.6 Å². The van der Waals surface area contributed by atoms with Gasteiger partial charge in [0.05, 0.1) is 6.04 Å². The van der Waals surface area contributed by atoms with Gasteiger partial charge in [-0.3, -0.25) is 19.2 Å². The zero-order valence-electron chi connectivity index (χ0n) is 21.0. The molecule has 0 radical (unpaired) electrons. The maximum absolute atomic E-state index is 13.1. The lowest BCUT2D eigenvalue weighted by molar-refractivity contribution is -0.142. The third-order valence-corrected chi connectivity index (χ3v) is 5.57. The molecule has 0 fully saturated rings. The van der Waals surface area contributed by atoms with Crippen molar-refractivity contribution in [1.82, 2.24) is 16.0 Å². The number of phenols is 1. The van der Waals surface area contributed by atoms with Crippen LogP contribution in [-0.2, 0) is 30.4 Å². The summed E-state index contributed by atoms with van der Waals surface area (Å²) >= 11 is 0. The van der Waals surface area contributed by atoms with Gasteiger partial charge < -0.3 is 37.6 Å². The zero-order valence-corrected chi connectivity index (χ0v) is 21.0. The van der Waals surface area contributed by atoms with Crippen LogP contribution in [-0.4, -0.2) is 64.0 Å². The number of nitrogens with one attached hydrogen (secondary N) is 3. The first-order valence-corrected chi connectivity index (χ1v) is 11.7. The highest BCUT2D eigenvalue weighted by atomic mass is 16.4. The standard InChI is InChI=1S/C24H37N5O7/c1-12(2)19(26)22(33)29-20(13(3)4)23(34)28-17(11-14-5-7-15(30)8-6-14)21(32)27-16(24(35)36)9-10-18(25)31/h5-8,12-13,16-17,19-20,30H,9-11,26H2,1-4H3,(H2,25,31)(H,27,32)(H,28,34)(H,29,33)(H,35,36). The molecule has 0 saturated heterocycles. The highest BCUT2D eigenvalue weighted by Crippen LogP contribution is 2.13. The predicted octanol–water partition coefficient (Wildman–Crippen LogP) is -0.621. The first-order chi connectivity index (χ1) is 16.7. The molecule has 0 spiro atoms. The molecule has 0 aromatic heterocycles. The highest BCUT2D eigenvalue weighted by molar-refractivity contribution is 5.94. The molecule has 36 heavy (non-hydrogen) atoms. The van der Waals surface area contributed by atoms with E-state index >= 15 is 0 Å². The van der Waals surface area contributed by atoms with E-state index in [2.05, 4.69) is 16.0 Å². The third kappa shape index (κ3) is 9.90. The lowest BCUT2D eigenvalue weighted by Gasteiger charge is -2.27. The molecular formula is C24H37N5O7. The van der Waals surface area contributed by atoms with Gasteiger partial charge in [0.2, 0.25) is 23.6 Å². The fourth-order valence-electron chi connectivity index (χ4n) is 3.24. The highest BCUT2D eigenvalue weighted by Gasteiger charge is 2.32. The van der Waals surface area contributed by atoms with Crippen molar-refractivity contribution in [2.45, 2.75) is 71.1 Å². The smallest absolute Gasteiger partial charge is 0.326 e. The van der Waals surface area contributed by atoms with E-state index in [0.717, 1.165) is 0 Å². The average Bonchev–Trinajstić information content (AvgIpc) is 2.79. The second-order valence-electron chi connectivity index (χ2n) is 9.34. The Kier molecular flexibility index (Phi) is 11.8. The fourth-order valence-corrected chi connectivity index (χ4v) is 3.24. The van der Waals surface area contributed by atoms with E-state index in [1.54, 1.807) is 39.8 Å². The van der Waals surface area contributed by atoms with E-state index in [1.165, 1.54) is 12.1 Å². The van der Waals surface area contributed by atoms with Crippen LogP contribution in [0.3, 0.4) is 0 Å². The number of carbonyl (C=O) groups is 5. The van der Waals surface area contributed by atoms with Crippen molar-refractivity contribution in [3.05, 3.63) is 29.8 Å². The van der Waals surface area contributed by atoms with E-state index in [-0.39, 0.29) is 36.8 Å². The quantitative estimate of drug-likeness (QED) is 0.172. The minimum atomic E-state index is -1.41. The van der Waals surface area contributed by atoms with Crippen molar-refractivity contribution in [2.75, 3.05) is 0 Å². The number of carbonyl (C=O) groups excluding carboxylic acids is 4. The number of primary amides is 1. The van der Waals surface area contributed by atoms with Crippen LogP contribution in [0, 0.1) is 11.8 Å². The average molecular weight is 508 g/mol. The summed E-state index contributed by atoms with van der Waals surface area (Å²) in [7, 11) is 0. The Morgan fingerprint density at radius 2 is 1.39 bits per heavy atom. The lowest BCUT2D eigenvalue weighted by atomic mass is 9.99. The van der Waals surface area contributed by atoms with Crippen LogP contribution >= 0.6 is 0 Å². The van der Waals surface area contributed by atoms with Crippen LogP contribution in [0.2, 0.25) is 0 Å². The monoisotopic (exact) mass is 507 g/mol. The number of phenolic OH excluding ortho intramolecular Hbond substituents is 1. The number of carboxylic acid groups (broad SMARTS) is 1. The van der Waals surface area contributed by atoms with Crippen molar-refractivity contribution in [3.63, 3.8) is 0 Å². The summed E-state index contributed by atoms with van der Waals surface area (Å²) < 4.78 is 0. The summed E-state index contributed by atoms with van der Waals surface area (Å²) in [6.45, 7) is 6.96. The van der Waals surface area contributed by atoms with E-state index in [1.807, 2.05) is 0 Å². The first-order valence-electron chi connectivity index (χ1n) is 11.7. The molecule has 0 aliphatic rings. The summed E-state index contributed by atoms with van der Waals surface area (Å²) in [5.74, 6) is -4.58. The molecule has 1 rings (SSSR count). The van der Waals surface area contributed by atoms with Gasteiger partial charge in [0.1, 0.15) is 23.9 Å². The van der Waals surface area contributed by atoms with Crippen LogP contribution < -0.4 is 27.4 Å². The van der Waals surface area contributed by atoms with Gasteiger partial charge in [0.15, 0.2) is 0 Å². The van der Waals surface area contributed by atoms with Gasteiger partial charge in [-0.05, 0) is 36.0 Å². The van der Waals surface area contributed by atoms with Crippen molar-refractivity contribution < 1.29 is 34.2 Å². The molecule has 0 aliphatic carbocycles. The van der Waals surface area contributed by atoms with Crippen molar-refractivity contribution in [3.8, 4) is 5.75 Å². The van der Waals surface area contributed by atoms with Crippen LogP contribution in [0.4, 0.5) is 0 Å². The molecule has 200 valence electrons. The number of aliphatic carboxylic acids is 1. The molecule has 4 atom stereocenters. The number of benzene rings is 1. The SMILES string of the molecule is CC(C)C(N)C(=O)NC(C(=O)NC(Cc1ccc(O)cc1)C(=O)NC(CCC(N)=O)C(=O)O)C(C)C. The van der Waals surface area contributed by atoms with Crippen LogP contribution in [0.25, 0.3) is 0 Å². The number of nitrogens with two attached hydrogens (primary N) is 2. The van der Waals surface area contributed by atoms with E-state index < -0.39 is 53.8 Å². The Labute approximate surface area is 210 Å². The summed E-state index contributed by atoms with van der Waals surface area (Å²) in [4.78, 5) is 61.3. The van der Waals surface area contributed by atoms with Gasteiger partial charge in [-0.2, -0.15) is 0 Å². The van der Waals surface area contributed by atoms with Gasteiger partial charge in [-0.25, -0.2) is 4.79 Å². The minimum absolute atomic E-state index is 0.00487. The van der Waals surface area contributed by atoms with Gasteiger partial charge in [0.25, 0.3) is 0 Å².